The molecule has 0 aliphatic carbocycles. The maximum absolute atomic E-state index is 12.8. The fourth-order valence-electron chi connectivity index (χ4n) is 2.67. The molecule has 1 aromatic carbocycles. The van der Waals surface area contributed by atoms with Gasteiger partial charge in [0, 0.05) is 11.8 Å². The van der Waals surface area contributed by atoms with E-state index in [0.29, 0.717) is 12.4 Å². The van der Waals surface area contributed by atoms with Gasteiger partial charge in [-0.2, -0.15) is 0 Å². The van der Waals surface area contributed by atoms with Crippen LogP contribution in [0.1, 0.15) is 39.2 Å². The Morgan fingerprint density at radius 1 is 1.32 bits per heavy atom. The SMILES string of the molecule is CCCC1SCC(C(=O)OCC(C)C)N1C(=O)/C=C/c1ccccc1. The largest absolute Gasteiger partial charge is 0.464 e. The highest BCUT2D eigenvalue weighted by atomic mass is 32.2. The van der Waals surface area contributed by atoms with E-state index >= 15 is 0 Å². The van der Waals surface area contributed by atoms with Gasteiger partial charge in [0.15, 0.2) is 0 Å². The van der Waals surface area contributed by atoms with Crippen LogP contribution in [-0.4, -0.2) is 40.6 Å². The van der Waals surface area contributed by atoms with Crippen molar-refractivity contribution in [3.63, 3.8) is 0 Å². The minimum atomic E-state index is -0.492. The van der Waals surface area contributed by atoms with Gasteiger partial charge in [0.1, 0.15) is 6.04 Å². The van der Waals surface area contributed by atoms with Gasteiger partial charge in [-0.1, -0.05) is 57.5 Å². The molecular formula is C20H27NO3S. The van der Waals surface area contributed by atoms with Crippen molar-refractivity contribution in [2.45, 2.75) is 45.0 Å². The summed E-state index contributed by atoms with van der Waals surface area (Å²) in [5.41, 5.74) is 0.966. The van der Waals surface area contributed by atoms with Crippen molar-refractivity contribution < 1.29 is 14.3 Å². The molecule has 1 fully saturated rings. The number of carbonyl (C=O) groups excluding carboxylic acids is 2. The Bertz CT molecular complexity index is 600. The fraction of sp³-hybridized carbons (Fsp3) is 0.500. The highest BCUT2D eigenvalue weighted by Crippen LogP contribution is 2.33. The van der Waals surface area contributed by atoms with Crippen LogP contribution >= 0.6 is 11.8 Å². The molecule has 25 heavy (non-hydrogen) atoms. The Kier molecular flexibility index (Phi) is 7.56. The summed E-state index contributed by atoms with van der Waals surface area (Å²) in [6.45, 7) is 6.48. The number of rotatable bonds is 7. The number of thioether (sulfide) groups is 1. The molecule has 1 amide bonds. The van der Waals surface area contributed by atoms with Gasteiger partial charge in [0.2, 0.25) is 5.91 Å². The molecule has 0 aromatic heterocycles. The Labute approximate surface area is 154 Å². The summed E-state index contributed by atoms with van der Waals surface area (Å²) < 4.78 is 5.39. The minimum absolute atomic E-state index is 0.0366. The van der Waals surface area contributed by atoms with Crippen LogP contribution in [0.2, 0.25) is 0 Å². The van der Waals surface area contributed by atoms with E-state index in [1.54, 1.807) is 28.8 Å². The molecular weight excluding hydrogens is 334 g/mol. The van der Waals surface area contributed by atoms with Gasteiger partial charge < -0.3 is 9.64 Å². The average Bonchev–Trinajstić information content (AvgIpc) is 3.02. The lowest BCUT2D eigenvalue weighted by Crippen LogP contribution is -2.45. The van der Waals surface area contributed by atoms with Crippen molar-refractivity contribution in [1.82, 2.24) is 4.90 Å². The van der Waals surface area contributed by atoms with Gasteiger partial charge in [-0.15, -0.1) is 11.8 Å². The van der Waals surface area contributed by atoms with Crippen LogP contribution in [0.25, 0.3) is 6.08 Å². The summed E-state index contributed by atoms with van der Waals surface area (Å²) in [5.74, 6) is 0.471. The molecule has 5 heteroatoms. The Hall–Kier alpha value is -1.75. The third kappa shape index (κ3) is 5.63. The van der Waals surface area contributed by atoms with Crippen LogP contribution in [0.4, 0.5) is 0 Å². The Balaban J connectivity index is 2.10. The van der Waals surface area contributed by atoms with Crippen molar-refractivity contribution in [3.05, 3.63) is 42.0 Å². The highest BCUT2D eigenvalue weighted by Gasteiger charge is 2.41. The standard InChI is InChI=1S/C20H27NO3S/c1-4-8-19-21(17(14-25-19)20(23)24-13-15(2)3)18(22)12-11-16-9-6-5-7-10-16/h5-7,9-12,15,17,19H,4,8,13-14H2,1-3H3/b12-11+. The number of hydrogen-bond donors (Lipinski definition) is 0. The summed E-state index contributed by atoms with van der Waals surface area (Å²) in [6.07, 6.45) is 5.21. The molecule has 1 aliphatic heterocycles. The molecule has 1 saturated heterocycles. The molecule has 0 spiro atoms. The van der Waals surface area contributed by atoms with Crippen molar-refractivity contribution in [3.8, 4) is 0 Å². The number of ether oxygens (including phenoxy) is 1. The van der Waals surface area contributed by atoms with Gasteiger partial charge in [-0.3, -0.25) is 4.79 Å². The van der Waals surface area contributed by atoms with E-state index in [0.717, 1.165) is 18.4 Å². The number of esters is 1. The topological polar surface area (TPSA) is 46.6 Å². The smallest absolute Gasteiger partial charge is 0.329 e. The molecule has 1 aromatic rings. The van der Waals surface area contributed by atoms with E-state index in [-0.39, 0.29) is 23.2 Å². The second kappa shape index (κ2) is 9.66. The zero-order valence-corrected chi connectivity index (χ0v) is 16.0. The van der Waals surface area contributed by atoms with E-state index in [2.05, 4.69) is 6.92 Å². The molecule has 4 nitrogen and oxygen atoms in total. The lowest BCUT2D eigenvalue weighted by molar-refractivity contribution is -0.153. The zero-order chi connectivity index (χ0) is 18.2. The number of hydrogen-bond acceptors (Lipinski definition) is 4. The molecule has 0 N–H and O–H groups in total. The average molecular weight is 362 g/mol. The molecule has 2 atom stereocenters. The molecule has 136 valence electrons. The van der Waals surface area contributed by atoms with Crippen molar-refractivity contribution in [1.29, 1.82) is 0 Å². The molecule has 2 unspecified atom stereocenters. The maximum Gasteiger partial charge on any atom is 0.329 e. The third-order valence-corrected chi connectivity index (χ3v) is 5.29. The second-order valence-electron chi connectivity index (χ2n) is 6.61. The van der Waals surface area contributed by atoms with E-state index in [1.807, 2.05) is 44.2 Å². The van der Waals surface area contributed by atoms with E-state index in [4.69, 9.17) is 4.74 Å². The first-order chi connectivity index (χ1) is 12.0. The molecule has 1 heterocycles. The van der Waals surface area contributed by atoms with Crippen LogP contribution in [0.3, 0.4) is 0 Å². The van der Waals surface area contributed by atoms with E-state index in [9.17, 15) is 9.59 Å². The summed E-state index contributed by atoms with van der Waals surface area (Å²) in [4.78, 5) is 26.9. The maximum atomic E-state index is 12.8. The zero-order valence-electron chi connectivity index (χ0n) is 15.2. The van der Waals surface area contributed by atoms with Gasteiger partial charge in [0.25, 0.3) is 0 Å². The van der Waals surface area contributed by atoms with Crippen LogP contribution < -0.4 is 0 Å². The van der Waals surface area contributed by atoms with Crippen LogP contribution in [0, 0.1) is 5.92 Å². The van der Waals surface area contributed by atoms with Gasteiger partial charge in [0.05, 0.1) is 12.0 Å². The first-order valence-corrected chi connectivity index (χ1v) is 9.91. The third-order valence-electron chi connectivity index (χ3n) is 3.93. The predicted molar refractivity (Wildman–Crippen MR) is 103 cm³/mol. The van der Waals surface area contributed by atoms with Gasteiger partial charge >= 0.3 is 5.97 Å². The highest BCUT2D eigenvalue weighted by molar-refractivity contribution is 8.00. The summed E-state index contributed by atoms with van der Waals surface area (Å²) >= 11 is 1.67. The summed E-state index contributed by atoms with van der Waals surface area (Å²) in [7, 11) is 0. The van der Waals surface area contributed by atoms with Gasteiger partial charge in [-0.05, 0) is 24.0 Å². The quantitative estimate of drug-likeness (QED) is 0.545. The Morgan fingerprint density at radius 3 is 2.68 bits per heavy atom. The van der Waals surface area contributed by atoms with Crippen LogP contribution in [0.5, 0.6) is 0 Å². The number of amides is 1. The second-order valence-corrected chi connectivity index (χ2v) is 7.82. The van der Waals surface area contributed by atoms with Gasteiger partial charge in [-0.25, -0.2) is 4.79 Å². The molecule has 0 bridgehead atoms. The summed E-state index contributed by atoms with van der Waals surface area (Å²) in [6, 6.07) is 9.20. The number of carbonyl (C=O) groups is 2. The van der Waals surface area contributed by atoms with E-state index < -0.39 is 6.04 Å². The summed E-state index contributed by atoms with van der Waals surface area (Å²) in [5, 5.41) is 0.0366. The van der Waals surface area contributed by atoms with Crippen molar-refractivity contribution in [2.24, 2.45) is 5.92 Å². The molecule has 1 aliphatic rings. The fourth-order valence-corrected chi connectivity index (χ4v) is 4.19. The lowest BCUT2D eigenvalue weighted by atomic mass is 10.2. The molecule has 0 radical (unpaired) electrons. The normalized spacial score (nSPS) is 20.4. The number of nitrogens with zero attached hydrogens (tertiary/aromatic N) is 1. The molecule has 0 saturated carbocycles. The molecule has 2 rings (SSSR count). The monoisotopic (exact) mass is 361 g/mol. The lowest BCUT2D eigenvalue weighted by Gasteiger charge is -2.27. The predicted octanol–water partition coefficient (Wildman–Crippen LogP) is 3.97. The van der Waals surface area contributed by atoms with Crippen molar-refractivity contribution in [2.75, 3.05) is 12.4 Å². The Morgan fingerprint density at radius 2 is 2.04 bits per heavy atom. The number of benzene rings is 1. The van der Waals surface area contributed by atoms with Crippen molar-refractivity contribution >= 4 is 29.7 Å². The van der Waals surface area contributed by atoms with Crippen LogP contribution in [-0.2, 0) is 14.3 Å². The first kappa shape index (κ1) is 19.6. The van der Waals surface area contributed by atoms with Crippen LogP contribution in [0.15, 0.2) is 36.4 Å². The van der Waals surface area contributed by atoms with E-state index in [1.165, 1.54) is 0 Å². The minimum Gasteiger partial charge on any atom is -0.464 e. The first-order valence-electron chi connectivity index (χ1n) is 8.86.